The molecule has 0 unspecified atom stereocenters. The van der Waals surface area contributed by atoms with Crippen LogP contribution in [0.15, 0.2) is 94.3 Å². The van der Waals surface area contributed by atoms with Crippen LogP contribution in [0.2, 0.25) is 0 Å². The number of aromatic nitrogens is 2. The molecule has 4 rings (SSSR count). The largest absolute Gasteiger partial charge is 0.343 e. The van der Waals surface area contributed by atoms with Crippen LogP contribution in [0.3, 0.4) is 0 Å². The molecule has 1 amide bonds. The van der Waals surface area contributed by atoms with E-state index in [4.69, 9.17) is 4.52 Å². The van der Waals surface area contributed by atoms with Crippen molar-refractivity contribution in [1.82, 2.24) is 15.5 Å². The highest BCUT2D eigenvalue weighted by atomic mass is 32.2. The molecule has 9 heteroatoms. The quantitative estimate of drug-likeness (QED) is 0.464. The van der Waals surface area contributed by atoms with Gasteiger partial charge in [-0.3, -0.25) is 9.10 Å². The summed E-state index contributed by atoms with van der Waals surface area (Å²) in [7, 11) is -2.30. The average molecular weight is 449 g/mol. The first-order valence-electron chi connectivity index (χ1n) is 9.75. The van der Waals surface area contributed by atoms with Crippen molar-refractivity contribution < 1.29 is 17.7 Å². The van der Waals surface area contributed by atoms with E-state index in [1.807, 2.05) is 30.3 Å². The molecule has 0 saturated heterocycles. The molecule has 8 nitrogen and oxygen atoms in total. The standard InChI is InChI=1S/C23H20N4O4S/c1-27(32(29,30)20-13-6-3-7-14-20)19-12-8-11-18(15-19)23(28)24-16-21-25-22(26-31-21)17-9-4-2-5-10-17/h2-15H,16H2,1H3,(H,24,28). The number of nitrogens with zero attached hydrogens (tertiary/aromatic N) is 3. The Bertz CT molecular complexity index is 1320. The van der Waals surface area contributed by atoms with Gasteiger partial charge in [0.15, 0.2) is 0 Å². The molecule has 0 aliphatic rings. The second-order valence-corrected chi connectivity index (χ2v) is 8.87. The fourth-order valence-corrected chi connectivity index (χ4v) is 4.23. The van der Waals surface area contributed by atoms with Gasteiger partial charge in [-0.25, -0.2) is 8.42 Å². The van der Waals surface area contributed by atoms with Crippen LogP contribution in [0, 0.1) is 0 Å². The first kappa shape index (κ1) is 21.3. The van der Waals surface area contributed by atoms with Gasteiger partial charge in [-0.15, -0.1) is 0 Å². The van der Waals surface area contributed by atoms with Crippen molar-refractivity contribution in [2.75, 3.05) is 11.4 Å². The zero-order valence-electron chi connectivity index (χ0n) is 17.2. The second-order valence-electron chi connectivity index (χ2n) is 6.90. The fraction of sp³-hybridized carbons (Fsp3) is 0.0870. The number of hydrogen-bond donors (Lipinski definition) is 1. The Morgan fingerprint density at radius 2 is 1.66 bits per heavy atom. The number of hydrogen-bond acceptors (Lipinski definition) is 6. The molecule has 32 heavy (non-hydrogen) atoms. The summed E-state index contributed by atoms with van der Waals surface area (Å²) in [5.74, 6) is 0.304. The number of benzene rings is 3. The molecule has 4 aromatic rings. The lowest BCUT2D eigenvalue weighted by molar-refractivity contribution is 0.0946. The van der Waals surface area contributed by atoms with Gasteiger partial charge in [0.05, 0.1) is 17.1 Å². The van der Waals surface area contributed by atoms with Gasteiger partial charge in [0, 0.05) is 18.2 Å². The first-order valence-corrected chi connectivity index (χ1v) is 11.2. The maximum atomic E-state index is 12.8. The Kier molecular flexibility index (Phi) is 6.00. The molecular weight excluding hydrogens is 428 g/mol. The highest BCUT2D eigenvalue weighted by molar-refractivity contribution is 7.92. The Balaban J connectivity index is 1.45. The maximum absolute atomic E-state index is 12.8. The van der Waals surface area contributed by atoms with Gasteiger partial charge in [0.25, 0.3) is 15.9 Å². The molecular formula is C23H20N4O4S. The molecule has 0 bridgehead atoms. The van der Waals surface area contributed by atoms with Crippen LogP contribution in [0.1, 0.15) is 16.2 Å². The molecule has 0 radical (unpaired) electrons. The first-order chi connectivity index (χ1) is 15.4. The van der Waals surface area contributed by atoms with Gasteiger partial charge in [-0.05, 0) is 30.3 Å². The lowest BCUT2D eigenvalue weighted by Crippen LogP contribution is -2.27. The van der Waals surface area contributed by atoms with E-state index in [-0.39, 0.29) is 17.3 Å². The smallest absolute Gasteiger partial charge is 0.264 e. The number of carbonyl (C=O) groups excluding carboxylic acids is 1. The molecule has 0 aliphatic heterocycles. The number of anilines is 1. The van der Waals surface area contributed by atoms with E-state index in [2.05, 4.69) is 15.5 Å². The molecule has 1 N–H and O–H groups in total. The molecule has 0 atom stereocenters. The average Bonchev–Trinajstić information content (AvgIpc) is 3.32. The number of sulfonamides is 1. The monoisotopic (exact) mass is 448 g/mol. The fourth-order valence-electron chi connectivity index (χ4n) is 3.02. The third-order valence-electron chi connectivity index (χ3n) is 4.77. The van der Waals surface area contributed by atoms with Gasteiger partial charge in [-0.2, -0.15) is 4.98 Å². The van der Waals surface area contributed by atoms with Gasteiger partial charge >= 0.3 is 0 Å². The normalized spacial score (nSPS) is 11.2. The summed E-state index contributed by atoms with van der Waals surface area (Å²) in [6.45, 7) is 0.0427. The second kappa shape index (κ2) is 9.03. The van der Waals surface area contributed by atoms with E-state index in [0.717, 1.165) is 9.87 Å². The lowest BCUT2D eigenvalue weighted by atomic mass is 10.2. The molecule has 0 aliphatic carbocycles. The van der Waals surface area contributed by atoms with Crippen molar-refractivity contribution in [3.05, 3.63) is 96.4 Å². The van der Waals surface area contributed by atoms with E-state index < -0.39 is 15.9 Å². The highest BCUT2D eigenvalue weighted by Gasteiger charge is 2.21. The van der Waals surface area contributed by atoms with Crippen LogP contribution >= 0.6 is 0 Å². The van der Waals surface area contributed by atoms with Gasteiger partial charge in [-0.1, -0.05) is 59.8 Å². The molecule has 1 heterocycles. The van der Waals surface area contributed by atoms with Crippen LogP contribution in [-0.4, -0.2) is 31.5 Å². The van der Waals surface area contributed by atoms with E-state index in [1.165, 1.54) is 25.2 Å². The predicted molar refractivity (Wildman–Crippen MR) is 119 cm³/mol. The van der Waals surface area contributed by atoms with Gasteiger partial charge in [0.1, 0.15) is 0 Å². The Labute approximate surface area is 185 Å². The number of rotatable bonds is 7. The number of carbonyl (C=O) groups is 1. The van der Waals surface area contributed by atoms with Crippen LogP contribution in [0.4, 0.5) is 5.69 Å². The summed E-state index contributed by atoms with van der Waals surface area (Å²) in [5.41, 5.74) is 1.48. The van der Waals surface area contributed by atoms with Crippen LogP contribution in [-0.2, 0) is 16.6 Å². The molecule has 162 valence electrons. The third-order valence-corrected chi connectivity index (χ3v) is 6.57. The maximum Gasteiger partial charge on any atom is 0.264 e. The number of nitrogens with one attached hydrogen (secondary N) is 1. The van der Waals surface area contributed by atoms with Crippen LogP contribution in [0.5, 0.6) is 0 Å². The SMILES string of the molecule is CN(c1cccc(C(=O)NCc2nc(-c3ccccc3)no2)c1)S(=O)(=O)c1ccccc1. The summed E-state index contributed by atoms with van der Waals surface area (Å²) < 4.78 is 32.0. The van der Waals surface area contributed by atoms with E-state index in [9.17, 15) is 13.2 Å². The molecule has 0 fully saturated rings. The summed E-state index contributed by atoms with van der Waals surface area (Å²) in [6, 6.07) is 23.8. The highest BCUT2D eigenvalue weighted by Crippen LogP contribution is 2.23. The predicted octanol–water partition coefficient (Wildman–Crippen LogP) is 3.49. The van der Waals surface area contributed by atoms with Gasteiger partial charge < -0.3 is 9.84 Å². The van der Waals surface area contributed by atoms with Crippen molar-refractivity contribution in [3.63, 3.8) is 0 Å². The van der Waals surface area contributed by atoms with Crippen LogP contribution in [0.25, 0.3) is 11.4 Å². The lowest BCUT2D eigenvalue weighted by Gasteiger charge is -2.20. The summed E-state index contributed by atoms with van der Waals surface area (Å²) >= 11 is 0. The number of amides is 1. The minimum atomic E-state index is -3.75. The van der Waals surface area contributed by atoms with E-state index in [0.29, 0.717) is 17.1 Å². The van der Waals surface area contributed by atoms with Gasteiger partial charge in [0.2, 0.25) is 11.7 Å². The van der Waals surface area contributed by atoms with Crippen molar-refractivity contribution in [2.45, 2.75) is 11.4 Å². The minimum absolute atomic E-state index is 0.0427. The summed E-state index contributed by atoms with van der Waals surface area (Å²) in [5, 5.41) is 6.63. The molecule has 0 spiro atoms. The van der Waals surface area contributed by atoms with Crippen molar-refractivity contribution in [2.24, 2.45) is 0 Å². The molecule has 1 aromatic heterocycles. The van der Waals surface area contributed by atoms with Crippen molar-refractivity contribution >= 4 is 21.6 Å². The third kappa shape index (κ3) is 4.52. The van der Waals surface area contributed by atoms with Crippen molar-refractivity contribution in [3.8, 4) is 11.4 Å². The van der Waals surface area contributed by atoms with E-state index >= 15 is 0 Å². The summed E-state index contributed by atoms with van der Waals surface area (Å²) in [4.78, 5) is 17.1. The minimum Gasteiger partial charge on any atom is -0.343 e. The zero-order valence-corrected chi connectivity index (χ0v) is 18.0. The van der Waals surface area contributed by atoms with E-state index in [1.54, 1.807) is 36.4 Å². The Morgan fingerprint density at radius 3 is 2.38 bits per heavy atom. The van der Waals surface area contributed by atoms with Crippen molar-refractivity contribution in [1.29, 1.82) is 0 Å². The van der Waals surface area contributed by atoms with Crippen LogP contribution < -0.4 is 9.62 Å². The summed E-state index contributed by atoms with van der Waals surface area (Å²) in [6.07, 6.45) is 0. The molecule has 3 aromatic carbocycles. The Morgan fingerprint density at radius 1 is 0.969 bits per heavy atom. The molecule has 0 saturated carbocycles. The zero-order chi connectivity index (χ0) is 22.6. The Hall–Kier alpha value is -3.98. The topological polar surface area (TPSA) is 105 Å².